The van der Waals surface area contributed by atoms with Crippen LogP contribution >= 0.6 is 22.6 Å². The highest BCUT2D eigenvalue weighted by molar-refractivity contribution is 14.1. The number of rotatable bonds is 15. The summed E-state index contributed by atoms with van der Waals surface area (Å²) in [5.41, 5.74) is -1.17. The van der Waals surface area contributed by atoms with Crippen LogP contribution in [-0.2, 0) is 19.1 Å². The van der Waals surface area contributed by atoms with Gasteiger partial charge in [-0.3, -0.25) is 19.2 Å². The number of hydrogen-bond donors (Lipinski definition) is 1. The van der Waals surface area contributed by atoms with Gasteiger partial charge in [-0.05, 0) is 30.7 Å². The van der Waals surface area contributed by atoms with Gasteiger partial charge in [-0.25, -0.2) is 9.59 Å². The number of aliphatic hydroxyl groups excluding tert-OH is 1. The van der Waals surface area contributed by atoms with E-state index in [1.165, 1.54) is 59.0 Å². The van der Waals surface area contributed by atoms with Crippen molar-refractivity contribution in [2.24, 2.45) is 0 Å². The molecule has 0 spiro atoms. The van der Waals surface area contributed by atoms with Crippen LogP contribution in [0.2, 0.25) is 0 Å². The van der Waals surface area contributed by atoms with Crippen molar-refractivity contribution in [3.8, 4) is 11.5 Å². The highest BCUT2D eigenvalue weighted by Gasteiger charge is 2.20. The predicted molar refractivity (Wildman–Crippen MR) is 166 cm³/mol. The van der Waals surface area contributed by atoms with Gasteiger partial charge >= 0.3 is 11.9 Å². The molecule has 45 heavy (non-hydrogen) atoms. The van der Waals surface area contributed by atoms with Crippen molar-refractivity contribution < 1.29 is 52.1 Å². The van der Waals surface area contributed by atoms with E-state index in [2.05, 4.69) is 0 Å². The standard InChI is InChI=1S/C31H27IO13/c1-2-3-6-17(33)13-42-30(38)25-11-19(35)28-21(7-4-9-23(28)44-25)40-14-18(34)15-41-22-8-5-10-24-29(22)20(36)12-26(45-24)31(39)43-16-27(32)37/h4-5,7-12,18,34H,2-3,6,13-16H2,1H3. The Bertz CT molecular complexity index is 1860. The zero-order chi connectivity index (χ0) is 32.5. The lowest BCUT2D eigenvalue weighted by Crippen LogP contribution is -2.25. The Hall–Kier alpha value is -4.57. The molecule has 0 fully saturated rings. The topological polar surface area (TPSA) is 186 Å². The Kier molecular flexibility index (Phi) is 11.4. The van der Waals surface area contributed by atoms with Crippen LogP contribution in [-0.4, -0.2) is 59.1 Å². The third-order valence-electron chi connectivity index (χ3n) is 6.19. The minimum Gasteiger partial charge on any atom is -0.490 e. The van der Waals surface area contributed by atoms with Crippen molar-refractivity contribution in [1.82, 2.24) is 0 Å². The van der Waals surface area contributed by atoms with Crippen LogP contribution in [0, 0.1) is 0 Å². The average molecular weight is 734 g/mol. The Morgan fingerprint density at radius 1 is 0.800 bits per heavy atom. The van der Waals surface area contributed by atoms with Gasteiger partial charge in [0.05, 0.1) is 0 Å². The number of halogens is 1. The summed E-state index contributed by atoms with van der Waals surface area (Å²) < 4.78 is 31.6. The van der Waals surface area contributed by atoms with Crippen molar-refractivity contribution in [1.29, 1.82) is 0 Å². The van der Waals surface area contributed by atoms with Gasteiger partial charge in [0.25, 0.3) is 0 Å². The maximum Gasteiger partial charge on any atom is 0.374 e. The van der Waals surface area contributed by atoms with Crippen LogP contribution in [0.25, 0.3) is 21.9 Å². The van der Waals surface area contributed by atoms with Crippen LogP contribution in [0.15, 0.2) is 67.0 Å². The van der Waals surface area contributed by atoms with Crippen LogP contribution in [0.5, 0.6) is 11.5 Å². The van der Waals surface area contributed by atoms with Gasteiger partial charge in [-0.15, -0.1) is 0 Å². The van der Waals surface area contributed by atoms with E-state index in [1.54, 1.807) is 0 Å². The fraction of sp³-hybridized carbons (Fsp3) is 0.290. The van der Waals surface area contributed by atoms with E-state index in [9.17, 15) is 33.9 Å². The Labute approximate surface area is 268 Å². The van der Waals surface area contributed by atoms with E-state index in [-0.39, 0.29) is 64.6 Å². The van der Waals surface area contributed by atoms with Gasteiger partial charge in [0.2, 0.25) is 15.3 Å². The number of benzene rings is 2. The second-order valence-corrected chi connectivity index (χ2v) is 10.8. The van der Waals surface area contributed by atoms with Gasteiger partial charge in [-0.1, -0.05) is 25.5 Å². The predicted octanol–water partition coefficient (Wildman–Crippen LogP) is 3.75. The zero-order valence-corrected chi connectivity index (χ0v) is 26.0. The van der Waals surface area contributed by atoms with E-state index in [0.717, 1.165) is 18.6 Å². The van der Waals surface area contributed by atoms with E-state index in [1.807, 2.05) is 6.92 Å². The molecule has 0 aliphatic heterocycles. The molecule has 1 N–H and O–H groups in total. The lowest BCUT2D eigenvalue weighted by Gasteiger charge is -2.15. The molecule has 0 aliphatic rings. The summed E-state index contributed by atoms with van der Waals surface area (Å²) in [6, 6.07) is 10.7. The molecule has 1 atom stereocenters. The lowest BCUT2D eigenvalue weighted by atomic mass is 10.2. The molecule has 0 saturated heterocycles. The second-order valence-electron chi connectivity index (χ2n) is 9.63. The molecule has 2 aromatic heterocycles. The molecule has 0 saturated carbocycles. The molecule has 0 bridgehead atoms. The van der Waals surface area contributed by atoms with Crippen LogP contribution in [0.4, 0.5) is 0 Å². The quantitative estimate of drug-likeness (QED) is 0.106. The minimum absolute atomic E-state index is 0.0125. The fourth-order valence-corrected chi connectivity index (χ4v) is 4.23. The van der Waals surface area contributed by atoms with Crippen LogP contribution < -0.4 is 20.3 Å². The fourth-order valence-electron chi connectivity index (χ4n) is 4.07. The molecule has 0 amide bonds. The van der Waals surface area contributed by atoms with Gasteiger partial charge in [0, 0.05) is 41.1 Å². The van der Waals surface area contributed by atoms with Gasteiger partial charge in [0.1, 0.15) is 59.4 Å². The summed E-state index contributed by atoms with van der Waals surface area (Å²) in [4.78, 5) is 73.0. The number of hydrogen-bond acceptors (Lipinski definition) is 13. The highest BCUT2D eigenvalue weighted by Crippen LogP contribution is 2.25. The summed E-state index contributed by atoms with van der Waals surface area (Å²) in [6.45, 7) is 0.374. The van der Waals surface area contributed by atoms with Gasteiger partial charge < -0.3 is 32.9 Å². The molecule has 2 heterocycles. The number of ether oxygens (including phenoxy) is 4. The Morgan fingerprint density at radius 2 is 1.29 bits per heavy atom. The number of esters is 2. The Balaban J connectivity index is 1.40. The van der Waals surface area contributed by atoms with E-state index in [0.29, 0.717) is 6.42 Å². The SMILES string of the molecule is CCCCC(=O)COC(=O)c1cc(=O)c2c(OCC(O)COc3cccc4oc(C(=O)OCC(=O)I)cc(=O)c34)cccc2o1. The summed E-state index contributed by atoms with van der Waals surface area (Å²) in [5.74, 6) is -2.80. The molecular weight excluding hydrogens is 707 g/mol. The Morgan fingerprint density at radius 3 is 1.76 bits per heavy atom. The molecule has 0 radical (unpaired) electrons. The van der Waals surface area contributed by atoms with Crippen molar-refractivity contribution in [3.63, 3.8) is 0 Å². The minimum atomic E-state index is -1.23. The third-order valence-corrected chi connectivity index (χ3v) is 6.50. The number of aliphatic hydroxyl groups is 1. The molecule has 0 aliphatic carbocycles. The van der Waals surface area contributed by atoms with Gasteiger partial charge in [-0.2, -0.15) is 0 Å². The average Bonchev–Trinajstić information content (AvgIpc) is 3.02. The number of fused-ring (bicyclic) bond motifs is 2. The highest BCUT2D eigenvalue weighted by atomic mass is 127. The number of Topliss-reactive ketones (excluding diaryl/α,β-unsaturated/α-hetero) is 1. The lowest BCUT2D eigenvalue weighted by molar-refractivity contribution is -0.122. The first-order valence-electron chi connectivity index (χ1n) is 13.7. The first-order chi connectivity index (χ1) is 21.6. The smallest absolute Gasteiger partial charge is 0.374 e. The maximum absolute atomic E-state index is 12.9. The summed E-state index contributed by atoms with van der Waals surface area (Å²) in [6.07, 6.45) is 0.553. The van der Waals surface area contributed by atoms with Crippen molar-refractivity contribution in [2.75, 3.05) is 26.4 Å². The zero-order valence-electron chi connectivity index (χ0n) is 23.9. The largest absolute Gasteiger partial charge is 0.490 e. The number of carbonyl (C=O) groups excluding carboxylic acids is 4. The van der Waals surface area contributed by atoms with Crippen molar-refractivity contribution in [3.05, 3.63) is 80.5 Å². The molecular formula is C31H27IO13. The summed E-state index contributed by atoms with van der Waals surface area (Å²) >= 11 is 1.46. The van der Waals surface area contributed by atoms with E-state index in [4.69, 9.17) is 27.8 Å². The normalized spacial score (nSPS) is 11.6. The molecule has 236 valence electrons. The van der Waals surface area contributed by atoms with Gasteiger partial charge in [0.15, 0.2) is 23.2 Å². The summed E-state index contributed by atoms with van der Waals surface area (Å²) in [7, 11) is 0. The first-order valence-corrected chi connectivity index (χ1v) is 14.8. The molecule has 13 nitrogen and oxygen atoms in total. The van der Waals surface area contributed by atoms with E-state index >= 15 is 0 Å². The number of unbranched alkanes of at least 4 members (excludes halogenated alkanes) is 1. The molecule has 4 rings (SSSR count). The van der Waals surface area contributed by atoms with Crippen LogP contribution in [0.1, 0.15) is 47.3 Å². The molecule has 2 aromatic carbocycles. The van der Waals surface area contributed by atoms with Crippen LogP contribution in [0.3, 0.4) is 0 Å². The van der Waals surface area contributed by atoms with E-state index < -0.39 is 51.7 Å². The first kappa shape index (κ1) is 33.3. The molecule has 14 heteroatoms. The van der Waals surface area contributed by atoms with Crippen molar-refractivity contribution >= 4 is 66.0 Å². The number of ketones is 1. The molecule has 1 unspecified atom stereocenters. The second kappa shape index (κ2) is 15.4. The molecule has 4 aromatic rings. The van der Waals surface area contributed by atoms with Crippen molar-refractivity contribution in [2.45, 2.75) is 32.3 Å². The monoisotopic (exact) mass is 734 g/mol. The maximum atomic E-state index is 12.9. The number of carbonyl (C=O) groups is 4. The third kappa shape index (κ3) is 8.76. The summed E-state index contributed by atoms with van der Waals surface area (Å²) in [5, 5.41) is 10.5.